The second-order valence-electron chi connectivity index (χ2n) is 11.4. The summed E-state index contributed by atoms with van der Waals surface area (Å²) in [5.74, 6) is 9.79. The molecular formula is C24H38O3. The molecule has 27 heavy (non-hydrogen) atoms. The number of hydrogen-bond donors (Lipinski definition) is 2. The first-order valence-corrected chi connectivity index (χ1v) is 12.1. The van der Waals surface area contributed by atoms with Crippen LogP contribution >= 0.6 is 0 Å². The van der Waals surface area contributed by atoms with E-state index < -0.39 is 0 Å². The van der Waals surface area contributed by atoms with Gasteiger partial charge in [-0.05, 0) is 122 Å². The van der Waals surface area contributed by atoms with Gasteiger partial charge in [-0.15, -0.1) is 0 Å². The van der Waals surface area contributed by atoms with Crippen molar-refractivity contribution in [3.8, 4) is 0 Å². The standard InChI is InChI=1S/C24H38O3/c25-9-13-1-3-19-16-6-18(22(8-16)23(13)19)12-27-11-14-2-4-20-15-5-17(10-26)21(7-15)24(14)20/h13-26H,1-12H2. The van der Waals surface area contributed by atoms with E-state index in [0.717, 1.165) is 72.4 Å². The van der Waals surface area contributed by atoms with Crippen LogP contribution in [0.5, 0.6) is 0 Å². The Morgan fingerprint density at radius 1 is 0.556 bits per heavy atom. The highest BCUT2D eigenvalue weighted by Gasteiger charge is 2.58. The van der Waals surface area contributed by atoms with Crippen molar-refractivity contribution in [1.82, 2.24) is 0 Å². The van der Waals surface area contributed by atoms with E-state index in [1.54, 1.807) is 0 Å². The van der Waals surface area contributed by atoms with Gasteiger partial charge < -0.3 is 14.9 Å². The summed E-state index contributed by atoms with van der Waals surface area (Å²) >= 11 is 0. The van der Waals surface area contributed by atoms with Crippen LogP contribution in [0.15, 0.2) is 0 Å². The maximum Gasteiger partial charge on any atom is 0.0497 e. The summed E-state index contributed by atoms with van der Waals surface area (Å²) in [5.41, 5.74) is 0. The molecule has 0 aliphatic heterocycles. The molecule has 0 aromatic rings. The van der Waals surface area contributed by atoms with E-state index >= 15 is 0 Å². The van der Waals surface area contributed by atoms with Crippen LogP contribution in [0.2, 0.25) is 0 Å². The van der Waals surface area contributed by atoms with E-state index in [4.69, 9.17) is 4.74 Å². The first-order valence-electron chi connectivity index (χ1n) is 12.1. The van der Waals surface area contributed by atoms with Crippen molar-refractivity contribution in [3.05, 3.63) is 0 Å². The van der Waals surface area contributed by atoms with Crippen LogP contribution in [0.25, 0.3) is 0 Å². The van der Waals surface area contributed by atoms with Crippen LogP contribution in [0.3, 0.4) is 0 Å². The topological polar surface area (TPSA) is 49.7 Å². The van der Waals surface area contributed by atoms with Gasteiger partial charge in [0.05, 0.1) is 0 Å². The van der Waals surface area contributed by atoms with Gasteiger partial charge in [-0.1, -0.05) is 0 Å². The normalized spacial score (nSPS) is 57.6. The van der Waals surface area contributed by atoms with Gasteiger partial charge in [-0.2, -0.15) is 0 Å². The van der Waals surface area contributed by atoms with Crippen molar-refractivity contribution in [3.63, 3.8) is 0 Å². The highest BCUT2D eigenvalue weighted by Crippen LogP contribution is 2.64. The molecule has 6 aliphatic carbocycles. The number of rotatable bonds is 6. The SMILES string of the molecule is OCC1CC2CC1C1C(COCC3CC4CC3C3C(CO)CCC43)CCC21. The van der Waals surface area contributed by atoms with Crippen LogP contribution in [0, 0.1) is 71.0 Å². The Morgan fingerprint density at radius 2 is 1.11 bits per heavy atom. The molecule has 12 atom stereocenters. The third-order valence-corrected chi connectivity index (χ3v) is 10.7. The molecule has 6 aliphatic rings. The maximum absolute atomic E-state index is 9.78. The highest BCUT2D eigenvalue weighted by molar-refractivity contribution is 5.07. The van der Waals surface area contributed by atoms with Gasteiger partial charge in [0.1, 0.15) is 0 Å². The van der Waals surface area contributed by atoms with Crippen LogP contribution in [-0.2, 0) is 4.74 Å². The summed E-state index contributed by atoms with van der Waals surface area (Å²) in [4.78, 5) is 0. The zero-order valence-corrected chi connectivity index (χ0v) is 16.7. The highest BCUT2D eigenvalue weighted by atomic mass is 16.5. The molecule has 6 fully saturated rings. The lowest BCUT2D eigenvalue weighted by molar-refractivity contribution is 0.00668. The molecular weight excluding hydrogens is 336 g/mol. The molecule has 0 aromatic carbocycles. The molecule has 0 spiro atoms. The number of fused-ring (bicyclic) bond motifs is 10. The average Bonchev–Trinajstić information content (AvgIpc) is 3.48. The quantitative estimate of drug-likeness (QED) is 0.747. The molecule has 2 N–H and O–H groups in total. The second kappa shape index (κ2) is 6.71. The first-order chi connectivity index (χ1) is 13.3. The van der Waals surface area contributed by atoms with Crippen molar-refractivity contribution < 1.29 is 14.9 Å². The van der Waals surface area contributed by atoms with Gasteiger partial charge in [-0.3, -0.25) is 0 Å². The zero-order valence-electron chi connectivity index (χ0n) is 16.7. The van der Waals surface area contributed by atoms with Crippen LogP contribution in [0.1, 0.15) is 51.4 Å². The van der Waals surface area contributed by atoms with Gasteiger partial charge >= 0.3 is 0 Å². The second-order valence-corrected chi connectivity index (χ2v) is 11.4. The fourth-order valence-electron chi connectivity index (χ4n) is 9.94. The monoisotopic (exact) mass is 374 g/mol. The minimum Gasteiger partial charge on any atom is -0.396 e. The summed E-state index contributed by atoms with van der Waals surface area (Å²) < 4.78 is 6.43. The summed E-state index contributed by atoms with van der Waals surface area (Å²) in [6.45, 7) is 2.79. The molecule has 0 saturated heterocycles. The number of hydrogen-bond acceptors (Lipinski definition) is 3. The van der Waals surface area contributed by atoms with E-state index in [-0.39, 0.29) is 0 Å². The Balaban J connectivity index is 1.04. The van der Waals surface area contributed by atoms with E-state index in [2.05, 4.69) is 0 Å². The summed E-state index contributed by atoms with van der Waals surface area (Å²) in [6.07, 6.45) is 11.0. The summed E-state index contributed by atoms with van der Waals surface area (Å²) in [5, 5.41) is 19.5. The molecule has 0 aromatic heterocycles. The number of aliphatic hydroxyl groups excluding tert-OH is 2. The predicted octanol–water partition coefficient (Wildman–Crippen LogP) is 3.58. The Bertz CT molecular complexity index is 564. The van der Waals surface area contributed by atoms with E-state index in [9.17, 15) is 10.2 Å². The molecule has 3 nitrogen and oxygen atoms in total. The maximum atomic E-state index is 9.78. The average molecular weight is 375 g/mol. The van der Waals surface area contributed by atoms with Gasteiger partial charge in [0.2, 0.25) is 0 Å². The molecule has 0 radical (unpaired) electrons. The largest absolute Gasteiger partial charge is 0.396 e. The molecule has 6 saturated carbocycles. The smallest absolute Gasteiger partial charge is 0.0497 e. The Kier molecular flexibility index (Phi) is 4.40. The molecule has 0 amide bonds. The van der Waals surface area contributed by atoms with Gasteiger partial charge in [0.15, 0.2) is 0 Å². The van der Waals surface area contributed by atoms with Crippen molar-refractivity contribution in [1.29, 1.82) is 0 Å². The van der Waals surface area contributed by atoms with Gasteiger partial charge in [-0.25, -0.2) is 0 Å². The van der Waals surface area contributed by atoms with Crippen LogP contribution in [0.4, 0.5) is 0 Å². The Labute approximate surface area is 164 Å². The fraction of sp³-hybridized carbons (Fsp3) is 1.00. The van der Waals surface area contributed by atoms with Crippen molar-refractivity contribution in [2.24, 2.45) is 71.0 Å². The van der Waals surface area contributed by atoms with Crippen molar-refractivity contribution in [2.75, 3.05) is 26.4 Å². The molecule has 3 heteroatoms. The number of aliphatic hydroxyl groups is 2. The van der Waals surface area contributed by atoms with E-state index in [0.29, 0.717) is 25.0 Å². The summed E-state index contributed by atoms with van der Waals surface area (Å²) in [7, 11) is 0. The fourth-order valence-corrected chi connectivity index (χ4v) is 9.94. The van der Waals surface area contributed by atoms with Crippen LogP contribution < -0.4 is 0 Å². The Morgan fingerprint density at radius 3 is 1.81 bits per heavy atom. The Hall–Kier alpha value is -0.120. The molecule has 12 unspecified atom stereocenters. The molecule has 152 valence electrons. The lowest BCUT2D eigenvalue weighted by Gasteiger charge is -2.35. The first kappa shape index (κ1) is 17.7. The third-order valence-electron chi connectivity index (χ3n) is 10.7. The molecule has 0 heterocycles. The molecule has 6 rings (SSSR count). The number of ether oxygens (including phenoxy) is 1. The minimum atomic E-state index is 0.414. The predicted molar refractivity (Wildman–Crippen MR) is 104 cm³/mol. The van der Waals surface area contributed by atoms with Crippen molar-refractivity contribution in [2.45, 2.75) is 51.4 Å². The van der Waals surface area contributed by atoms with Gasteiger partial charge in [0, 0.05) is 26.4 Å². The van der Waals surface area contributed by atoms with E-state index in [1.807, 2.05) is 0 Å². The third kappa shape index (κ3) is 2.56. The van der Waals surface area contributed by atoms with Crippen molar-refractivity contribution >= 4 is 0 Å². The van der Waals surface area contributed by atoms with Crippen LogP contribution in [-0.4, -0.2) is 36.6 Å². The molecule has 4 bridgehead atoms. The summed E-state index contributed by atoms with van der Waals surface area (Å²) in [6, 6.07) is 0. The van der Waals surface area contributed by atoms with Gasteiger partial charge in [0.25, 0.3) is 0 Å². The lowest BCUT2D eigenvalue weighted by Crippen LogP contribution is -2.33. The zero-order chi connectivity index (χ0) is 18.1. The van der Waals surface area contributed by atoms with E-state index in [1.165, 1.54) is 51.4 Å². The minimum absolute atomic E-state index is 0.414. The lowest BCUT2D eigenvalue weighted by atomic mass is 9.73.